The van der Waals surface area contributed by atoms with Crippen LogP contribution in [-0.4, -0.2) is 50.1 Å². The quantitative estimate of drug-likeness (QED) is 0.759. The van der Waals surface area contributed by atoms with E-state index in [2.05, 4.69) is 19.1 Å². The number of hydrogen-bond acceptors (Lipinski definition) is 5. The molecular formula is C21H24N2O4. The lowest BCUT2D eigenvalue weighted by molar-refractivity contribution is -0.148. The topological polar surface area (TPSA) is 59.1 Å². The van der Waals surface area contributed by atoms with Crippen LogP contribution in [0, 0.1) is 6.92 Å². The highest BCUT2D eigenvalue weighted by Crippen LogP contribution is 2.33. The van der Waals surface area contributed by atoms with Gasteiger partial charge in [-0.25, -0.2) is 4.79 Å². The molecule has 3 rings (SSSR count). The number of rotatable bonds is 5. The summed E-state index contributed by atoms with van der Waals surface area (Å²) in [6, 6.07) is 15.4. The second-order valence-corrected chi connectivity index (χ2v) is 6.70. The Morgan fingerprint density at radius 3 is 2.63 bits per heavy atom. The predicted octanol–water partition coefficient (Wildman–Crippen LogP) is 2.39. The van der Waals surface area contributed by atoms with Gasteiger partial charge in [0, 0.05) is 6.54 Å². The molecule has 0 saturated heterocycles. The Kier molecular flexibility index (Phi) is 5.76. The first-order chi connectivity index (χ1) is 13.0. The number of nitrogens with zero attached hydrogens (tertiary/aromatic N) is 2. The van der Waals surface area contributed by atoms with Crippen LogP contribution in [0.2, 0.25) is 0 Å². The van der Waals surface area contributed by atoms with Crippen LogP contribution in [0.5, 0.6) is 5.75 Å². The highest BCUT2D eigenvalue weighted by Gasteiger charge is 2.34. The first-order valence-corrected chi connectivity index (χ1v) is 8.86. The van der Waals surface area contributed by atoms with Gasteiger partial charge in [0.05, 0.1) is 25.9 Å². The Hall–Kier alpha value is -2.86. The van der Waals surface area contributed by atoms with E-state index in [1.54, 1.807) is 11.0 Å². The maximum Gasteiger partial charge on any atom is 0.348 e. The molecule has 1 unspecified atom stereocenters. The smallest absolute Gasteiger partial charge is 0.348 e. The third-order valence-corrected chi connectivity index (χ3v) is 4.65. The summed E-state index contributed by atoms with van der Waals surface area (Å²) in [5, 5.41) is 0. The lowest BCUT2D eigenvalue weighted by atomic mass is 10.1. The van der Waals surface area contributed by atoms with Gasteiger partial charge in [-0.2, -0.15) is 0 Å². The number of carbonyl (C=O) groups is 2. The molecule has 6 heteroatoms. The molecule has 0 saturated carbocycles. The molecule has 0 fully saturated rings. The van der Waals surface area contributed by atoms with Crippen LogP contribution in [0.4, 0.5) is 5.69 Å². The van der Waals surface area contributed by atoms with Crippen LogP contribution in [0.15, 0.2) is 48.5 Å². The summed E-state index contributed by atoms with van der Waals surface area (Å²) in [5.74, 6) is -0.0691. The standard InChI is InChI=1S/C21H24N2O4/c1-15-8-4-5-9-16(15)12-22(2)14-20(24)23-13-19(21(25)26-3)27-18-11-7-6-10-17(18)23/h4-11,19H,12-14H2,1-3H3. The Morgan fingerprint density at radius 1 is 1.19 bits per heavy atom. The van der Waals surface area contributed by atoms with Crippen molar-refractivity contribution in [2.45, 2.75) is 19.6 Å². The molecule has 1 aliphatic heterocycles. The van der Waals surface area contributed by atoms with E-state index in [-0.39, 0.29) is 19.0 Å². The van der Waals surface area contributed by atoms with E-state index in [4.69, 9.17) is 9.47 Å². The van der Waals surface area contributed by atoms with Gasteiger partial charge in [0.15, 0.2) is 0 Å². The summed E-state index contributed by atoms with van der Waals surface area (Å²) in [5.41, 5.74) is 3.05. The molecule has 0 aromatic heterocycles. The van der Waals surface area contributed by atoms with E-state index in [0.717, 1.165) is 0 Å². The maximum atomic E-state index is 13.0. The minimum Gasteiger partial charge on any atom is -0.475 e. The van der Waals surface area contributed by atoms with Crippen LogP contribution in [0.25, 0.3) is 0 Å². The molecule has 0 bridgehead atoms. The van der Waals surface area contributed by atoms with E-state index >= 15 is 0 Å². The summed E-state index contributed by atoms with van der Waals surface area (Å²) < 4.78 is 10.5. The molecule has 27 heavy (non-hydrogen) atoms. The van der Waals surface area contributed by atoms with E-state index in [9.17, 15) is 9.59 Å². The van der Waals surface area contributed by atoms with Crippen molar-refractivity contribution < 1.29 is 19.1 Å². The Bertz CT molecular complexity index is 836. The van der Waals surface area contributed by atoms with Crippen molar-refractivity contribution in [2.75, 3.05) is 32.1 Å². The third kappa shape index (κ3) is 4.28. The van der Waals surface area contributed by atoms with Crippen molar-refractivity contribution in [1.29, 1.82) is 0 Å². The molecule has 0 spiro atoms. The fourth-order valence-corrected chi connectivity index (χ4v) is 3.18. The molecule has 2 aromatic rings. The first-order valence-electron chi connectivity index (χ1n) is 8.86. The minimum absolute atomic E-state index is 0.0873. The van der Waals surface area contributed by atoms with Crippen LogP contribution >= 0.6 is 0 Å². The van der Waals surface area contributed by atoms with Crippen molar-refractivity contribution >= 4 is 17.6 Å². The number of hydrogen-bond donors (Lipinski definition) is 0. The number of benzene rings is 2. The number of methoxy groups -OCH3 is 1. The number of carbonyl (C=O) groups excluding carboxylic acids is 2. The lowest BCUT2D eigenvalue weighted by Crippen LogP contribution is -2.49. The summed E-state index contributed by atoms with van der Waals surface area (Å²) in [4.78, 5) is 28.5. The van der Waals surface area contributed by atoms with Gasteiger partial charge < -0.3 is 14.4 Å². The fourth-order valence-electron chi connectivity index (χ4n) is 3.18. The summed E-state index contributed by atoms with van der Waals surface area (Å²) in [6.07, 6.45) is -0.824. The number of esters is 1. The van der Waals surface area contributed by atoms with Gasteiger partial charge >= 0.3 is 5.97 Å². The van der Waals surface area contributed by atoms with E-state index < -0.39 is 12.1 Å². The largest absolute Gasteiger partial charge is 0.475 e. The minimum atomic E-state index is -0.824. The van der Waals surface area contributed by atoms with Gasteiger partial charge in [0.2, 0.25) is 12.0 Å². The molecule has 2 aromatic carbocycles. The highest BCUT2D eigenvalue weighted by molar-refractivity contribution is 5.98. The molecule has 0 N–H and O–H groups in total. The Labute approximate surface area is 159 Å². The number of ether oxygens (including phenoxy) is 2. The fraction of sp³-hybridized carbons (Fsp3) is 0.333. The van der Waals surface area contributed by atoms with Gasteiger partial charge in [-0.1, -0.05) is 36.4 Å². The number of para-hydroxylation sites is 2. The van der Waals surface area contributed by atoms with E-state index in [1.165, 1.54) is 18.2 Å². The second kappa shape index (κ2) is 8.22. The first kappa shape index (κ1) is 18.9. The average Bonchev–Trinajstić information content (AvgIpc) is 2.68. The Balaban J connectivity index is 1.74. The zero-order valence-electron chi connectivity index (χ0n) is 15.8. The Morgan fingerprint density at radius 2 is 1.89 bits per heavy atom. The molecule has 6 nitrogen and oxygen atoms in total. The molecule has 142 valence electrons. The van der Waals surface area contributed by atoms with Gasteiger partial charge in [0.1, 0.15) is 5.75 Å². The van der Waals surface area contributed by atoms with Gasteiger partial charge in [-0.15, -0.1) is 0 Å². The number of anilines is 1. The molecule has 1 atom stereocenters. The molecule has 1 amide bonds. The number of amides is 1. The number of aryl methyl sites for hydroxylation is 1. The molecule has 1 heterocycles. The van der Waals surface area contributed by atoms with Gasteiger partial charge in [-0.3, -0.25) is 9.69 Å². The number of fused-ring (bicyclic) bond motifs is 1. The highest BCUT2D eigenvalue weighted by atomic mass is 16.6. The normalized spacial score (nSPS) is 15.9. The zero-order valence-corrected chi connectivity index (χ0v) is 15.8. The second-order valence-electron chi connectivity index (χ2n) is 6.70. The third-order valence-electron chi connectivity index (χ3n) is 4.65. The molecule has 1 aliphatic rings. The SMILES string of the molecule is COC(=O)C1CN(C(=O)CN(C)Cc2ccccc2C)c2ccccc2O1. The van der Waals surface area contributed by atoms with Crippen LogP contribution < -0.4 is 9.64 Å². The monoisotopic (exact) mass is 368 g/mol. The summed E-state index contributed by atoms with van der Waals surface area (Å²) in [7, 11) is 3.23. The number of likely N-dealkylation sites (N-methyl/N-ethyl adjacent to an activating group) is 1. The van der Waals surface area contributed by atoms with Gasteiger partial charge in [-0.05, 0) is 37.2 Å². The van der Waals surface area contributed by atoms with Crippen molar-refractivity contribution in [3.05, 3.63) is 59.7 Å². The molecular weight excluding hydrogens is 344 g/mol. The van der Waals surface area contributed by atoms with Crippen molar-refractivity contribution in [3.8, 4) is 5.75 Å². The maximum absolute atomic E-state index is 13.0. The predicted molar refractivity (Wildman–Crippen MR) is 103 cm³/mol. The van der Waals surface area contributed by atoms with Crippen molar-refractivity contribution in [3.63, 3.8) is 0 Å². The zero-order chi connectivity index (χ0) is 19.4. The van der Waals surface area contributed by atoms with E-state index in [0.29, 0.717) is 18.0 Å². The lowest BCUT2D eigenvalue weighted by Gasteiger charge is -2.34. The molecule has 0 radical (unpaired) electrons. The van der Waals surface area contributed by atoms with Crippen molar-refractivity contribution in [2.24, 2.45) is 0 Å². The summed E-state index contributed by atoms with van der Waals surface area (Å²) in [6.45, 7) is 3.10. The van der Waals surface area contributed by atoms with Crippen LogP contribution in [0.1, 0.15) is 11.1 Å². The molecule has 0 aliphatic carbocycles. The van der Waals surface area contributed by atoms with Gasteiger partial charge in [0.25, 0.3) is 0 Å². The van der Waals surface area contributed by atoms with Crippen LogP contribution in [0.3, 0.4) is 0 Å². The van der Waals surface area contributed by atoms with E-state index in [1.807, 2.05) is 42.3 Å². The summed E-state index contributed by atoms with van der Waals surface area (Å²) >= 11 is 0. The van der Waals surface area contributed by atoms with Crippen molar-refractivity contribution in [1.82, 2.24) is 4.90 Å². The average molecular weight is 368 g/mol. The van der Waals surface area contributed by atoms with Crippen LogP contribution in [-0.2, 0) is 20.9 Å².